The second kappa shape index (κ2) is 10.9. The Hall–Kier alpha value is -4.01. The molecule has 3 aromatic rings. The molecule has 35 heavy (non-hydrogen) atoms. The van der Waals surface area contributed by atoms with E-state index in [4.69, 9.17) is 18.9 Å². The van der Waals surface area contributed by atoms with Crippen molar-refractivity contribution in [1.29, 1.82) is 0 Å². The van der Waals surface area contributed by atoms with E-state index in [0.717, 1.165) is 11.3 Å². The van der Waals surface area contributed by atoms with Gasteiger partial charge in [-0.25, -0.2) is 4.79 Å². The molecule has 1 heterocycles. The van der Waals surface area contributed by atoms with E-state index in [-0.39, 0.29) is 12.5 Å². The van der Waals surface area contributed by atoms with Crippen LogP contribution in [0.2, 0.25) is 0 Å². The number of aromatic nitrogens is 1. The summed E-state index contributed by atoms with van der Waals surface area (Å²) in [6, 6.07) is 10.9. The molecule has 0 fully saturated rings. The number of carbonyl (C=O) groups excluding carboxylic acids is 2. The van der Waals surface area contributed by atoms with Gasteiger partial charge < -0.3 is 29.6 Å². The van der Waals surface area contributed by atoms with Gasteiger partial charge in [-0.2, -0.15) is 0 Å². The van der Waals surface area contributed by atoms with Crippen LogP contribution in [0, 0.1) is 0 Å². The van der Waals surface area contributed by atoms with Gasteiger partial charge in [-0.3, -0.25) is 9.78 Å². The molecular formula is C26H31N3O6. The third kappa shape index (κ3) is 6.53. The van der Waals surface area contributed by atoms with E-state index in [1.54, 1.807) is 40.0 Å². The lowest BCUT2D eigenvalue weighted by Gasteiger charge is -2.20. The first-order valence-corrected chi connectivity index (χ1v) is 11.1. The summed E-state index contributed by atoms with van der Waals surface area (Å²) in [6.45, 7) is 5.77. The molecular weight excluding hydrogens is 450 g/mol. The maximum Gasteiger partial charge on any atom is 0.407 e. The monoisotopic (exact) mass is 481 g/mol. The van der Waals surface area contributed by atoms with Crippen molar-refractivity contribution in [1.82, 2.24) is 15.6 Å². The normalized spacial score (nSPS) is 11.0. The smallest absolute Gasteiger partial charge is 0.407 e. The molecule has 0 atom stereocenters. The predicted octanol–water partition coefficient (Wildman–Crippen LogP) is 4.22. The summed E-state index contributed by atoms with van der Waals surface area (Å²) in [4.78, 5) is 29.8. The summed E-state index contributed by atoms with van der Waals surface area (Å²) in [5.74, 6) is 1.43. The maximum absolute atomic E-state index is 13.1. The van der Waals surface area contributed by atoms with Crippen molar-refractivity contribution in [3.8, 4) is 17.2 Å². The topological polar surface area (TPSA) is 108 Å². The molecule has 2 amide bonds. The minimum Gasteiger partial charge on any atom is -0.497 e. The first kappa shape index (κ1) is 25.6. The molecule has 0 aliphatic carbocycles. The predicted molar refractivity (Wildman–Crippen MR) is 132 cm³/mol. The molecule has 1 aromatic heterocycles. The van der Waals surface area contributed by atoms with Crippen molar-refractivity contribution in [3.05, 3.63) is 59.4 Å². The second-order valence-electron chi connectivity index (χ2n) is 8.76. The second-order valence-corrected chi connectivity index (χ2v) is 8.76. The fraction of sp³-hybridized carbons (Fsp3) is 0.346. The summed E-state index contributed by atoms with van der Waals surface area (Å²) in [7, 11) is 4.66. The van der Waals surface area contributed by atoms with Crippen LogP contribution in [0.5, 0.6) is 17.2 Å². The van der Waals surface area contributed by atoms with Gasteiger partial charge >= 0.3 is 6.09 Å². The van der Waals surface area contributed by atoms with Crippen LogP contribution in [0.3, 0.4) is 0 Å². The van der Waals surface area contributed by atoms with Crippen LogP contribution in [0.4, 0.5) is 4.79 Å². The van der Waals surface area contributed by atoms with Gasteiger partial charge in [-0.15, -0.1) is 0 Å². The summed E-state index contributed by atoms with van der Waals surface area (Å²) >= 11 is 0. The van der Waals surface area contributed by atoms with E-state index in [1.807, 2.05) is 24.3 Å². The van der Waals surface area contributed by atoms with Crippen molar-refractivity contribution >= 4 is 22.8 Å². The quantitative estimate of drug-likeness (QED) is 0.496. The van der Waals surface area contributed by atoms with Gasteiger partial charge in [0, 0.05) is 29.6 Å². The maximum atomic E-state index is 13.1. The Morgan fingerprint density at radius 2 is 1.57 bits per heavy atom. The number of amides is 2. The lowest BCUT2D eigenvalue weighted by molar-refractivity contribution is 0.0523. The zero-order valence-corrected chi connectivity index (χ0v) is 20.9. The van der Waals surface area contributed by atoms with E-state index in [0.29, 0.717) is 40.1 Å². The van der Waals surface area contributed by atoms with E-state index in [1.165, 1.54) is 20.4 Å². The van der Waals surface area contributed by atoms with E-state index in [9.17, 15) is 9.59 Å². The Bertz CT molecular complexity index is 1200. The molecule has 9 nitrogen and oxygen atoms in total. The number of hydrogen-bond acceptors (Lipinski definition) is 7. The Morgan fingerprint density at radius 1 is 0.886 bits per heavy atom. The summed E-state index contributed by atoms with van der Waals surface area (Å²) < 4.78 is 21.5. The van der Waals surface area contributed by atoms with Crippen molar-refractivity contribution in [3.63, 3.8) is 0 Å². The average molecular weight is 482 g/mol. The Kier molecular flexibility index (Phi) is 8.01. The molecule has 2 N–H and O–H groups in total. The molecule has 3 rings (SSSR count). The largest absolute Gasteiger partial charge is 0.497 e. The molecule has 0 unspecified atom stereocenters. The Morgan fingerprint density at radius 3 is 2.17 bits per heavy atom. The van der Waals surface area contributed by atoms with Crippen LogP contribution < -0.4 is 24.8 Å². The molecule has 0 aliphatic heterocycles. The van der Waals surface area contributed by atoms with E-state index >= 15 is 0 Å². The van der Waals surface area contributed by atoms with Gasteiger partial charge in [0.1, 0.15) is 22.8 Å². The van der Waals surface area contributed by atoms with Gasteiger partial charge in [0.25, 0.3) is 5.91 Å². The molecule has 0 aliphatic rings. The van der Waals surface area contributed by atoms with Gasteiger partial charge in [0.05, 0.1) is 39.1 Å². The number of nitrogens with one attached hydrogen (secondary N) is 2. The fourth-order valence-corrected chi connectivity index (χ4v) is 3.46. The van der Waals surface area contributed by atoms with Crippen LogP contribution in [0.15, 0.2) is 42.6 Å². The number of alkyl carbamates (subject to hydrolysis) is 1. The summed E-state index contributed by atoms with van der Waals surface area (Å²) in [5, 5.41) is 6.82. The fourth-order valence-electron chi connectivity index (χ4n) is 3.46. The van der Waals surface area contributed by atoms with Crippen molar-refractivity contribution < 1.29 is 28.5 Å². The molecule has 0 bridgehead atoms. The SMILES string of the molecule is COc1ccc(CNC(=O)c2cnc(CNC(=O)OC(C)(C)C)c3c(OC)cc(OC)cc23)cc1. The zero-order valence-electron chi connectivity index (χ0n) is 20.9. The van der Waals surface area contributed by atoms with Crippen LogP contribution >= 0.6 is 0 Å². The number of rotatable bonds is 8. The van der Waals surface area contributed by atoms with Crippen LogP contribution in [0.25, 0.3) is 10.8 Å². The highest BCUT2D eigenvalue weighted by Gasteiger charge is 2.20. The molecule has 186 valence electrons. The lowest BCUT2D eigenvalue weighted by Crippen LogP contribution is -2.32. The van der Waals surface area contributed by atoms with Crippen molar-refractivity contribution in [2.75, 3.05) is 21.3 Å². The molecule has 0 saturated heterocycles. The van der Waals surface area contributed by atoms with Crippen LogP contribution in [-0.4, -0.2) is 43.9 Å². The first-order chi connectivity index (χ1) is 16.6. The first-order valence-electron chi connectivity index (χ1n) is 11.1. The lowest BCUT2D eigenvalue weighted by atomic mass is 10.0. The number of methoxy groups -OCH3 is 3. The average Bonchev–Trinajstić information content (AvgIpc) is 2.84. The molecule has 2 aromatic carbocycles. The summed E-state index contributed by atoms with van der Waals surface area (Å²) in [6.07, 6.45) is 0.915. The van der Waals surface area contributed by atoms with Crippen LogP contribution in [-0.2, 0) is 17.8 Å². The van der Waals surface area contributed by atoms with Crippen LogP contribution in [0.1, 0.15) is 42.4 Å². The molecule has 0 radical (unpaired) electrons. The minimum atomic E-state index is -0.629. The van der Waals surface area contributed by atoms with Gasteiger partial charge in [-0.1, -0.05) is 12.1 Å². The van der Waals surface area contributed by atoms with E-state index in [2.05, 4.69) is 15.6 Å². The third-order valence-corrected chi connectivity index (χ3v) is 5.12. The third-order valence-electron chi connectivity index (χ3n) is 5.12. The zero-order chi connectivity index (χ0) is 25.6. The minimum absolute atomic E-state index is 0.0852. The number of carbonyl (C=O) groups is 2. The Labute approximate surface area is 204 Å². The number of benzene rings is 2. The highest BCUT2D eigenvalue weighted by molar-refractivity contribution is 6.09. The van der Waals surface area contributed by atoms with Crippen molar-refractivity contribution in [2.24, 2.45) is 0 Å². The molecule has 9 heteroatoms. The van der Waals surface area contributed by atoms with Gasteiger partial charge in [0.15, 0.2) is 0 Å². The molecule has 0 spiro atoms. The van der Waals surface area contributed by atoms with E-state index < -0.39 is 11.7 Å². The van der Waals surface area contributed by atoms with Gasteiger partial charge in [-0.05, 0) is 44.5 Å². The number of ether oxygens (including phenoxy) is 4. The van der Waals surface area contributed by atoms with Crippen molar-refractivity contribution in [2.45, 2.75) is 39.5 Å². The highest BCUT2D eigenvalue weighted by atomic mass is 16.6. The standard InChI is InChI=1S/C26H31N3O6/c1-26(2,3)35-25(31)29-15-21-23-19(11-18(33-5)12-22(23)34-6)20(14-27-21)24(30)28-13-16-7-9-17(32-4)10-8-16/h7-12,14H,13,15H2,1-6H3,(H,28,30)(H,29,31). The number of fused-ring (bicyclic) bond motifs is 1. The number of hydrogen-bond donors (Lipinski definition) is 2. The highest BCUT2D eigenvalue weighted by Crippen LogP contribution is 2.35. The number of nitrogens with zero attached hydrogens (tertiary/aromatic N) is 1. The Balaban J connectivity index is 1.92. The number of pyridine rings is 1. The summed E-state index contributed by atoms with van der Waals surface area (Å²) in [5.41, 5.74) is 1.17. The van der Waals surface area contributed by atoms with Gasteiger partial charge in [0.2, 0.25) is 0 Å². The molecule has 0 saturated carbocycles.